The average molecular weight is 1090 g/mol. The summed E-state index contributed by atoms with van der Waals surface area (Å²) in [5.74, 6) is -9.14. The number of carbonyl (C=O) groups is 12. The first-order chi connectivity index (χ1) is 34.7. The molecule has 8 amide bonds. The first-order valence-corrected chi connectivity index (χ1v) is 24.2. The summed E-state index contributed by atoms with van der Waals surface area (Å²) < 4.78 is 3.55. The van der Waals surface area contributed by atoms with Gasteiger partial charge in [-0.25, -0.2) is 17.2 Å². The Morgan fingerprint density at radius 2 is 0.452 bits per heavy atom. The fourth-order valence-corrected chi connectivity index (χ4v) is 8.60. The molecule has 0 spiro atoms. The lowest BCUT2D eigenvalue weighted by Crippen LogP contribution is -2.37. The number of carboxylic acid groups (broad SMARTS) is 4. The number of carboxylic acids is 4. The van der Waals surface area contributed by atoms with E-state index in [1.165, 1.54) is 0 Å². The number of hydrogen-bond acceptors (Lipinski definition) is 20. The molecule has 24 nitrogen and oxygen atoms in total. The van der Waals surface area contributed by atoms with Crippen molar-refractivity contribution in [1.82, 2.24) is 17.2 Å². The molecule has 0 saturated heterocycles. The molecule has 0 fully saturated rings. The number of amides is 8. The minimum atomic E-state index is -1.11. The quantitative estimate of drug-likeness (QED) is 0.0587. The Hall–Kier alpha value is -7.44. The number of nitrogens with zero attached hydrogens (tertiary/aromatic N) is 4. The summed E-state index contributed by atoms with van der Waals surface area (Å²) in [6.45, 7) is -1.62. The lowest BCUT2D eigenvalue weighted by Gasteiger charge is -2.23. The van der Waals surface area contributed by atoms with Crippen molar-refractivity contribution >= 4 is 119 Å². The van der Waals surface area contributed by atoms with E-state index >= 15 is 0 Å². The van der Waals surface area contributed by atoms with Crippen LogP contribution in [0.3, 0.4) is 0 Å². The number of benzene rings is 4. The van der Waals surface area contributed by atoms with Crippen LogP contribution >= 0.6 is 47.8 Å². The Balaban J connectivity index is 0.000000200. The van der Waals surface area contributed by atoms with Crippen LogP contribution in [0, 0.1) is 5.41 Å². The van der Waals surface area contributed by atoms with Gasteiger partial charge in [-0.05, 0) is 96.3 Å². The maximum atomic E-state index is 11.7. The summed E-state index contributed by atoms with van der Waals surface area (Å²) in [7, 11) is 0. The molecule has 4 aromatic rings. The van der Waals surface area contributed by atoms with E-state index in [0.717, 1.165) is 17.2 Å². The van der Waals surface area contributed by atoms with Gasteiger partial charge >= 0.3 is 23.9 Å². The fourth-order valence-electron chi connectivity index (χ4n) is 5.92. The third kappa shape index (κ3) is 14.4. The van der Waals surface area contributed by atoms with Crippen LogP contribution in [0.2, 0.25) is 0 Å². The Morgan fingerprint density at radius 1 is 0.315 bits per heavy atom. The van der Waals surface area contributed by atoms with Crippen molar-refractivity contribution in [3.8, 4) is 0 Å². The van der Waals surface area contributed by atoms with E-state index in [1.54, 1.807) is 97.1 Å². The van der Waals surface area contributed by atoms with Crippen molar-refractivity contribution in [2.75, 3.05) is 49.4 Å². The van der Waals surface area contributed by atoms with E-state index in [9.17, 15) is 57.5 Å². The molecule has 0 aromatic heterocycles. The van der Waals surface area contributed by atoms with Gasteiger partial charge in [-0.1, -0.05) is 48.5 Å². The summed E-state index contributed by atoms with van der Waals surface area (Å²) >= 11 is 2.80. The van der Waals surface area contributed by atoms with Gasteiger partial charge in [-0.3, -0.25) is 57.5 Å². The molecule has 8 rings (SSSR count). The van der Waals surface area contributed by atoms with Crippen LogP contribution in [0.25, 0.3) is 0 Å². The first kappa shape index (κ1) is 58.1. The van der Waals surface area contributed by atoms with Crippen molar-refractivity contribution < 1.29 is 98.4 Å². The molecule has 0 atom stereocenters. The number of fused-ring (bicyclic) bond motifs is 4. The zero-order valence-electron chi connectivity index (χ0n) is 37.3. The van der Waals surface area contributed by atoms with Crippen LogP contribution in [0.1, 0.15) is 82.9 Å². The van der Waals surface area contributed by atoms with Crippen molar-refractivity contribution in [2.24, 2.45) is 5.41 Å². The normalized spacial score (nSPS) is 13.9. The highest BCUT2D eigenvalue weighted by molar-refractivity contribution is 7.99. The predicted octanol–water partition coefficient (Wildman–Crippen LogP) is 2.00. The van der Waals surface area contributed by atoms with Crippen LogP contribution in [0.4, 0.5) is 0 Å². The minimum absolute atomic E-state index is 0.314. The van der Waals surface area contributed by atoms with E-state index in [4.69, 9.17) is 40.9 Å². The number of aliphatic hydroxyl groups is 4. The second kappa shape index (κ2) is 26.8. The second-order valence-corrected chi connectivity index (χ2v) is 18.3. The van der Waals surface area contributed by atoms with Crippen molar-refractivity contribution in [3.63, 3.8) is 0 Å². The second-order valence-electron chi connectivity index (χ2n) is 14.6. The smallest absolute Gasteiger partial charge is 0.315 e. The first-order valence-electron chi connectivity index (χ1n) is 20.4. The van der Waals surface area contributed by atoms with Gasteiger partial charge in [0.2, 0.25) is 0 Å². The fraction of sp³-hybridized carbons (Fsp3) is 0.200. The molecule has 8 N–H and O–H groups in total. The third-order valence-corrected chi connectivity index (χ3v) is 13.5. The third-order valence-electron chi connectivity index (χ3n) is 9.64. The van der Waals surface area contributed by atoms with Crippen molar-refractivity contribution in [1.29, 1.82) is 0 Å². The Labute approximate surface area is 429 Å². The molecule has 0 radical (unpaired) electrons. The van der Waals surface area contributed by atoms with Crippen LogP contribution in [-0.2, 0) is 19.2 Å². The largest absolute Gasteiger partial charge is 0.481 e. The van der Waals surface area contributed by atoms with E-state index in [2.05, 4.69) is 0 Å². The van der Waals surface area contributed by atoms with Gasteiger partial charge < -0.3 is 40.9 Å². The van der Waals surface area contributed by atoms with Crippen LogP contribution in [0.15, 0.2) is 97.1 Å². The molecule has 0 saturated carbocycles. The number of aliphatic carboxylic acids is 4. The van der Waals surface area contributed by atoms with E-state index in [0.29, 0.717) is 92.3 Å². The summed E-state index contributed by atoms with van der Waals surface area (Å²) in [5, 5.41) is 68.0. The minimum Gasteiger partial charge on any atom is -0.481 e. The molecule has 0 aliphatic carbocycles. The molecule has 4 heterocycles. The van der Waals surface area contributed by atoms with Crippen LogP contribution in [0.5, 0.6) is 0 Å². The SMILES string of the molecule is O=C(O)CSN1C(=O)c2ccccc2C1=O.O=C(O)CSN1C(=O)c2ccccc2C1=O.O=C(O)CSN1C(=O)c2ccccc2C1=O.O=C(O)CSN1C(=O)c2ccccc2C1=O.OCC(CO)(CO)CO. The summed E-state index contributed by atoms with van der Waals surface area (Å²) in [6.07, 6.45) is 0. The van der Waals surface area contributed by atoms with E-state index in [1.807, 2.05) is 0 Å². The molecule has 0 bridgehead atoms. The Bertz CT molecular complexity index is 2330. The van der Waals surface area contributed by atoms with Gasteiger partial charge in [0.05, 0.1) is 76.4 Å². The summed E-state index contributed by atoms with van der Waals surface area (Å²) in [5.41, 5.74) is 1.48. The van der Waals surface area contributed by atoms with Gasteiger partial charge in [0, 0.05) is 0 Å². The molecule has 384 valence electrons. The van der Waals surface area contributed by atoms with Gasteiger partial charge in [0.25, 0.3) is 47.3 Å². The highest BCUT2D eigenvalue weighted by Crippen LogP contribution is 2.31. The molecular weight excluding hydrogens is 1040 g/mol. The highest BCUT2D eigenvalue weighted by atomic mass is 32.2. The number of carbonyl (C=O) groups excluding carboxylic acids is 8. The summed E-state index contributed by atoms with van der Waals surface area (Å²) in [6, 6.07) is 25.7. The van der Waals surface area contributed by atoms with Gasteiger partial charge in [0.15, 0.2) is 0 Å². The molecule has 4 aromatic carbocycles. The lowest BCUT2D eigenvalue weighted by molar-refractivity contribution is -0.135. The number of aliphatic hydroxyl groups excluding tert-OH is 4. The molecule has 0 unspecified atom stereocenters. The monoisotopic (exact) mass is 1080 g/mol. The molecular formula is C45H40N4O20S4. The Morgan fingerprint density at radius 3 is 0.548 bits per heavy atom. The standard InChI is InChI=1S/4C10H7NO4S.C5H12O4/c4*12-8(13)5-16-11-9(14)6-3-1-2-4-7(6)10(11)15;6-1-5(2-7,3-8)4-9/h4*1-4H,5H2,(H,12,13);6-9H,1-4H2. The topological polar surface area (TPSA) is 380 Å². The zero-order chi connectivity index (χ0) is 54.2. The van der Waals surface area contributed by atoms with Crippen LogP contribution in [-0.4, -0.2) is 179 Å². The van der Waals surface area contributed by atoms with Crippen molar-refractivity contribution in [2.45, 2.75) is 0 Å². The average Bonchev–Trinajstić information content (AvgIpc) is 3.98. The van der Waals surface area contributed by atoms with Gasteiger partial charge in [0.1, 0.15) is 23.0 Å². The Kier molecular flexibility index (Phi) is 21.4. The molecule has 28 heteroatoms. The van der Waals surface area contributed by atoms with E-state index < -0.39 is 103 Å². The van der Waals surface area contributed by atoms with Gasteiger partial charge in [-0.15, -0.1) is 0 Å². The maximum absolute atomic E-state index is 11.7. The zero-order valence-corrected chi connectivity index (χ0v) is 40.6. The van der Waals surface area contributed by atoms with E-state index in [-0.39, 0.29) is 23.0 Å². The summed E-state index contributed by atoms with van der Waals surface area (Å²) in [4.78, 5) is 135. The molecule has 4 aliphatic rings. The molecule has 4 aliphatic heterocycles. The lowest BCUT2D eigenvalue weighted by atomic mass is 9.93. The predicted molar refractivity (Wildman–Crippen MR) is 259 cm³/mol. The molecule has 73 heavy (non-hydrogen) atoms. The number of hydrogen-bond donors (Lipinski definition) is 8. The maximum Gasteiger partial charge on any atom is 0.315 e. The van der Waals surface area contributed by atoms with Gasteiger partial charge in [-0.2, -0.15) is 0 Å². The highest BCUT2D eigenvalue weighted by Gasteiger charge is 2.39. The number of rotatable bonds is 16. The van der Waals surface area contributed by atoms with Crippen molar-refractivity contribution in [3.05, 3.63) is 142 Å². The van der Waals surface area contributed by atoms with Crippen LogP contribution < -0.4 is 0 Å². The number of imide groups is 4.